The summed E-state index contributed by atoms with van der Waals surface area (Å²) in [5, 5.41) is 1.87. The van der Waals surface area contributed by atoms with Crippen molar-refractivity contribution in [2.75, 3.05) is 6.61 Å². The van der Waals surface area contributed by atoms with Crippen LogP contribution in [0, 0.1) is 0 Å². The molecular formula is C19H15ClF3NO4. The molecule has 2 aromatic carbocycles. The smallest absolute Gasteiger partial charge is 0.416 e. The SMILES string of the molecule is FC(F)(F)c1ccc(Oc2ccc3c(c2)CCC3)c(Cl)c1.O=C1COC(=O)N1. The van der Waals surface area contributed by atoms with Gasteiger partial charge in [-0.3, -0.25) is 10.1 Å². The van der Waals surface area contributed by atoms with Crippen LogP contribution < -0.4 is 10.1 Å². The molecule has 2 amide bonds. The van der Waals surface area contributed by atoms with E-state index in [1.54, 1.807) is 0 Å². The number of hydrogen-bond acceptors (Lipinski definition) is 4. The van der Waals surface area contributed by atoms with Crippen LogP contribution in [0.2, 0.25) is 5.02 Å². The number of halogens is 4. The van der Waals surface area contributed by atoms with Crippen molar-refractivity contribution in [3.63, 3.8) is 0 Å². The van der Waals surface area contributed by atoms with E-state index in [1.165, 1.54) is 17.2 Å². The zero-order valence-corrected chi connectivity index (χ0v) is 15.2. The van der Waals surface area contributed by atoms with Crippen molar-refractivity contribution in [1.82, 2.24) is 5.32 Å². The number of nitrogens with one attached hydrogen (secondary N) is 1. The van der Waals surface area contributed by atoms with Gasteiger partial charge in [-0.05, 0) is 60.7 Å². The standard InChI is InChI=1S/C16H12ClF3O.C3H3NO3/c17-14-9-12(16(18,19)20)5-7-15(14)21-13-6-4-10-2-1-3-11(10)8-13;5-2-1-7-3(6)4-2/h4-9H,1-3H2;1H2,(H,4,5,6). The van der Waals surface area contributed by atoms with Crippen LogP contribution in [0.25, 0.3) is 0 Å². The third-order valence-electron chi connectivity index (χ3n) is 4.13. The highest BCUT2D eigenvalue weighted by molar-refractivity contribution is 6.32. The summed E-state index contributed by atoms with van der Waals surface area (Å²) in [5.41, 5.74) is 1.75. The first-order chi connectivity index (χ1) is 13.2. The van der Waals surface area contributed by atoms with E-state index in [0.29, 0.717) is 5.75 Å². The maximum absolute atomic E-state index is 12.6. The molecule has 1 aliphatic heterocycles. The molecule has 2 aliphatic rings. The van der Waals surface area contributed by atoms with Crippen LogP contribution in [0.15, 0.2) is 36.4 Å². The molecular weight excluding hydrogens is 399 g/mol. The average Bonchev–Trinajstić information content (AvgIpc) is 3.24. The minimum Gasteiger partial charge on any atom is -0.456 e. The highest BCUT2D eigenvalue weighted by atomic mass is 35.5. The number of imide groups is 1. The molecule has 0 radical (unpaired) electrons. The summed E-state index contributed by atoms with van der Waals surface area (Å²) in [7, 11) is 0. The molecule has 1 heterocycles. The average molecular weight is 414 g/mol. The number of rotatable bonds is 2. The zero-order chi connectivity index (χ0) is 20.3. The van der Waals surface area contributed by atoms with Crippen LogP contribution in [0.3, 0.4) is 0 Å². The van der Waals surface area contributed by atoms with E-state index in [9.17, 15) is 22.8 Å². The van der Waals surface area contributed by atoms with E-state index in [1.807, 2.05) is 23.5 Å². The lowest BCUT2D eigenvalue weighted by Gasteiger charge is -2.12. The number of aryl methyl sites for hydroxylation is 2. The van der Waals surface area contributed by atoms with Crippen molar-refractivity contribution in [3.05, 3.63) is 58.1 Å². The maximum Gasteiger partial charge on any atom is 0.416 e. The van der Waals surface area contributed by atoms with Gasteiger partial charge in [0.2, 0.25) is 0 Å². The fourth-order valence-electron chi connectivity index (χ4n) is 2.82. The summed E-state index contributed by atoms with van der Waals surface area (Å²) in [6.07, 6.45) is -1.86. The van der Waals surface area contributed by atoms with Crippen LogP contribution in [-0.4, -0.2) is 18.6 Å². The molecule has 4 rings (SSSR count). The predicted molar refractivity (Wildman–Crippen MR) is 94.5 cm³/mol. The molecule has 28 heavy (non-hydrogen) atoms. The Bertz CT molecular complexity index is 901. The first kappa shape index (κ1) is 20.0. The van der Waals surface area contributed by atoms with Crippen LogP contribution >= 0.6 is 11.6 Å². The summed E-state index contributed by atoms with van der Waals surface area (Å²) >= 11 is 5.88. The van der Waals surface area contributed by atoms with Gasteiger partial charge in [0.05, 0.1) is 10.6 Å². The fourth-order valence-corrected chi connectivity index (χ4v) is 3.03. The normalized spacial score (nSPS) is 15.3. The van der Waals surface area contributed by atoms with Gasteiger partial charge in [-0.1, -0.05) is 17.7 Å². The van der Waals surface area contributed by atoms with Gasteiger partial charge in [0, 0.05) is 0 Å². The summed E-state index contributed by atoms with van der Waals surface area (Å²) < 4.78 is 47.5. The van der Waals surface area contributed by atoms with Gasteiger partial charge < -0.3 is 9.47 Å². The van der Waals surface area contributed by atoms with E-state index in [2.05, 4.69) is 4.74 Å². The monoisotopic (exact) mass is 413 g/mol. The van der Waals surface area contributed by atoms with Crippen LogP contribution in [0.5, 0.6) is 11.5 Å². The first-order valence-corrected chi connectivity index (χ1v) is 8.73. The first-order valence-electron chi connectivity index (χ1n) is 8.35. The number of alkyl carbamates (subject to hydrolysis) is 1. The summed E-state index contributed by atoms with van der Waals surface area (Å²) in [5.74, 6) is 0.449. The second-order valence-corrected chi connectivity index (χ2v) is 6.56. The van der Waals surface area contributed by atoms with E-state index in [0.717, 1.165) is 31.4 Å². The molecule has 1 fully saturated rings. The predicted octanol–water partition coefficient (Wildman–Crippen LogP) is 4.89. The molecule has 148 valence electrons. The number of benzene rings is 2. The lowest BCUT2D eigenvalue weighted by Crippen LogP contribution is -2.18. The molecule has 0 saturated carbocycles. The van der Waals surface area contributed by atoms with Crippen molar-refractivity contribution in [2.24, 2.45) is 0 Å². The number of amides is 2. The molecule has 5 nitrogen and oxygen atoms in total. The third-order valence-corrected chi connectivity index (χ3v) is 4.43. The molecule has 2 aromatic rings. The van der Waals surface area contributed by atoms with Crippen molar-refractivity contribution in [3.8, 4) is 11.5 Å². The summed E-state index contributed by atoms with van der Waals surface area (Å²) in [6, 6.07) is 8.83. The molecule has 0 aromatic heterocycles. The lowest BCUT2D eigenvalue weighted by molar-refractivity contribution is -0.137. The molecule has 0 atom stereocenters. The number of cyclic esters (lactones) is 1. The van der Waals surface area contributed by atoms with Crippen molar-refractivity contribution in [2.45, 2.75) is 25.4 Å². The topological polar surface area (TPSA) is 64.6 Å². The Kier molecular flexibility index (Phi) is 5.79. The highest BCUT2D eigenvalue weighted by Crippen LogP contribution is 2.37. The van der Waals surface area contributed by atoms with Gasteiger partial charge in [0.15, 0.2) is 6.61 Å². The van der Waals surface area contributed by atoms with Crippen molar-refractivity contribution < 1.29 is 32.2 Å². The number of alkyl halides is 3. The fraction of sp³-hybridized carbons (Fsp3) is 0.263. The van der Waals surface area contributed by atoms with Gasteiger partial charge >= 0.3 is 12.3 Å². The van der Waals surface area contributed by atoms with Gasteiger partial charge in [-0.2, -0.15) is 13.2 Å². The van der Waals surface area contributed by atoms with Gasteiger partial charge in [-0.25, -0.2) is 4.79 Å². The summed E-state index contributed by atoms with van der Waals surface area (Å²) in [4.78, 5) is 19.9. The third kappa shape index (κ3) is 4.95. The number of ether oxygens (including phenoxy) is 2. The molecule has 1 aliphatic carbocycles. The van der Waals surface area contributed by atoms with Crippen LogP contribution in [0.1, 0.15) is 23.1 Å². The lowest BCUT2D eigenvalue weighted by atomic mass is 10.1. The Hall–Kier alpha value is -2.74. The van der Waals surface area contributed by atoms with E-state index in [4.69, 9.17) is 16.3 Å². The number of fused-ring (bicyclic) bond motifs is 1. The molecule has 1 saturated heterocycles. The second kappa shape index (κ2) is 8.10. The Morgan fingerprint density at radius 2 is 1.79 bits per heavy atom. The largest absolute Gasteiger partial charge is 0.456 e. The van der Waals surface area contributed by atoms with Crippen LogP contribution in [-0.2, 0) is 28.5 Å². The quantitative estimate of drug-likeness (QED) is 0.761. The minimum absolute atomic E-state index is 0.0506. The number of hydrogen-bond donors (Lipinski definition) is 1. The van der Waals surface area contributed by atoms with E-state index in [-0.39, 0.29) is 23.3 Å². The minimum atomic E-state index is -4.41. The number of carbonyl (C=O) groups is 2. The summed E-state index contributed by atoms with van der Waals surface area (Å²) in [6.45, 7) is -0.126. The Morgan fingerprint density at radius 1 is 1.04 bits per heavy atom. The van der Waals surface area contributed by atoms with E-state index >= 15 is 0 Å². The van der Waals surface area contributed by atoms with Crippen molar-refractivity contribution in [1.29, 1.82) is 0 Å². The Labute approximate surface area is 163 Å². The highest BCUT2D eigenvalue weighted by Gasteiger charge is 2.31. The van der Waals surface area contributed by atoms with E-state index < -0.39 is 17.8 Å². The molecule has 1 N–H and O–H groups in total. The van der Waals surface area contributed by atoms with Gasteiger partial charge in [0.25, 0.3) is 5.91 Å². The zero-order valence-electron chi connectivity index (χ0n) is 14.4. The molecule has 0 bridgehead atoms. The Balaban J connectivity index is 0.000000271. The van der Waals surface area contributed by atoms with Gasteiger partial charge in [0.1, 0.15) is 11.5 Å². The van der Waals surface area contributed by atoms with Gasteiger partial charge in [-0.15, -0.1) is 0 Å². The van der Waals surface area contributed by atoms with Crippen molar-refractivity contribution >= 4 is 23.6 Å². The maximum atomic E-state index is 12.6. The second-order valence-electron chi connectivity index (χ2n) is 6.15. The van der Waals surface area contributed by atoms with Crippen LogP contribution in [0.4, 0.5) is 18.0 Å². The molecule has 0 spiro atoms. The molecule has 9 heteroatoms. The number of carbonyl (C=O) groups excluding carboxylic acids is 2. The Morgan fingerprint density at radius 3 is 2.36 bits per heavy atom. The molecule has 0 unspecified atom stereocenters.